The number of rotatable bonds is 2. The van der Waals surface area contributed by atoms with Crippen molar-refractivity contribution < 1.29 is 5.11 Å². The summed E-state index contributed by atoms with van der Waals surface area (Å²) in [5.74, 6) is 0.924. The minimum absolute atomic E-state index is 0.456. The van der Waals surface area contributed by atoms with Crippen LogP contribution in [0.2, 0.25) is 0 Å². The van der Waals surface area contributed by atoms with Crippen molar-refractivity contribution in [1.29, 1.82) is 0 Å². The molecule has 2 aliphatic carbocycles. The minimum Gasteiger partial charge on any atom is -0.396 e. The number of aliphatic hydroxyl groups is 1. The third kappa shape index (κ3) is 0.510. The van der Waals surface area contributed by atoms with Crippen molar-refractivity contribution in [3.63, 3.8) is 0 Å². The van der Waals surface area contributed by atoms with Gasteiger partial charge in [-0.25, -0.2) is 0 Å². The van der Waals surface area contributed by atoms with Crippen molar-refractivity contribution in [2.24, 2.45) is 11.3 Å². The van der Waals surface area contributed by atoms with Crippen LogP contribution in [0, 0.1) is 11.3 Å². The summed E-state index contributed by atoms with van der Waals surface area (Å²) in [7, 11) is 0. The molecule has 46 valence electrons. The van der Waals surface area contributed by atoms with Gasteiger partial charge >= 0.3 is 0 Å². The quantitative estimate of drug-likeness (QED) is 0.568. The summed E-state index contributed by atoms with van der Waals surface area (Å²) in [6.07, 6.45) is 5.38. The molecule has 2 rings (SSSR count). The SMILES string of the molecule is OCC1(C2CC2)CC1. The maximum absolute atomic E-state index is 8.87. The maximum Gasteiger partial charge on any atom is 0.0490 e. The van der Waals surface area contributed by atoms with Crippen molar-refractivity contribution in [2.45, 2.75) is 25.7 Å². The third-order valence-corrected chi connectivity index (χ3v) is 2.65. The molecule has 0 heterocycles. The van der Waals surface area contributed by atoms with E-state index < -0.39 is 0 Å². The lowest BCUT2D eigenvalue weighted by Gasteiger charge is -2.06. The average Bonchev–Trinajstić information content (AvgIpc) is 2.63. The molecule has 1 nitrogen and oxygen atoms in total. The number of aliphatic hydroxyl groups excluding tert-OH is 1. The molecule has 2 saturated carbocycles. The van der Waals surface area contributed by atoms with E-state index in [1.54, 1.807) is 0 Å². The molecule has 0 radical (unpaired) electrons. The average molecular weight is 112 g/mol. The zero-order valence-corrected chi connectivity index (χ0v) is 5.06. The van der Waals surface area contributed by atoms with Crippen LogP contribution in [0.1, 0.15) is 25.7 Å². The molecule has 0 unspecified atom stereocenters. The molecule has 1 N–H and O–H groups in total. The monoisotopic (exact) mass is 112 g/mol. The van der Waals surface area contributed by atoms with Crippen LogP contribution in [-0.2, 0) is 0 Å². The van der Waals surface area contributed by atoms with Gasteiger partial charge in [0, 0.05) is 6.61 Å². The van der Waals surface area contributed by atoms with Crippen molar-refractivity contribution in [1.82, 2.24) is 0 Å². The van der Waals surface area contributed by atoms with Gasteiger partial charge in [0.1, 0.15) is 0 Å². The molecule has 1 heteroatoms. The molecular formula is C7H12O. The second kappa shape index (κ2) is 1.27. The molecule has 0 spiro atoms. The molecule has 0 saturated heterocycles. The van der Waals surface area contributed by atoms with Gasteiger partial charge in [-0.05, 0) is 37.0 Å². The predicted octanol–water partition coefficient (Wildman–Crippen LogP) is 1.17. The lowest BCUT2D eigenvalue weighted by atomic mass is 10.0. The van der Waals surface area contributed by atoms with Gasteiger partial charge in [0.25, 0.3) is 0 Å². The van der Waals surface area contributed by atoms with Crippen molar-refractivity contribution in [3.05, 3.63) is 0 Å². The van der Waals surface area contributed by atoms with Crippen molar-refractivity contribution in [2.75, 3.05) is 6.61 Å². The van der Waals surface area contributed by atoms with E-state index in [0.717, 1.165) is 5.92 Å². The first-order valence-electron chi connectivity index (χ1n) is 3.48. The summed E-state index contributed by atoms with van der Waals surface area (Å²) >= 11 is 0. The molecule has 0 aliphatic heterocycles. The summed E-state index contributed by atoms with van der Waals surface area (Å²) in [6, 6.07) is 0. The van der Waals surface area contributed by atoms with Crippen LogP contribution in [0.15, 0.2) is 0 Å². The highest BCUT2D eigenvalue weighted by Gasteiger charge is 2.53. The highest BCUT2D eigenvalue weighted by atomic mass is 16.3. The maximum atomic E-state index is 8.87. The van der Waals surface area contributed by atoms with E-state index in [1.807, 2.05) is 0 Å². The van der Waals surface area contributed by atoms with Gasteiger partial charge < -0.3 is 5.11 Å². The molecule has 0 amide bonds. The molecule has 0 aromatic carbocycles. The number of hydrogen-bond donors (Lipinski definition) is 1. The van der Waals surface area contributed by atoms with Crippen LogP contribution >= 0.6 is 0 Å². The highest BCUT2D eigenvalue weighted by molar-refractivity contribution is 5.03. The van der Waals surface area contributed by atoms with E-state index in [9.17, 15) is 0 Å². The Labute approximate surface area is 49.7 Å². The first-order chi connectivity index (χ1) is 3.87. The van der Waals surface area contributed by atoms with Crippen LogP contribution in [-0.4, -0.2) is 11.7 Å². The van der Waals surface area contributed by atoms with E-state index in [2.05, 4.69) is 0 Å². The Morgan fingerprint density at radius 2 is 2.00 bits per heavy atom. The largest absolute Gasteiger partial charge is 0.396 e. The summed E-state index contributed by atoms with van der Waals surface area (Å²) in [6.45, 7) is 0.456. The zero-order valence-electron chi connectivity index (χ0n) is 5.06. The van der Waals surface area contributed by atoms with Gasteiger partial charge in [0.05, 0.1) is 0 Å². The van der Waals surface area contributed by atoms with E-state index >= 15 is 0 Å². The van der Waals surface area contributed by atoms with Crippen LogP contribution in [0.5, 0.6) is 0 Å². The molecule has 2 aliphatic rings. The van der Waals surface area contributed by atoms with Crippen LogP contribution < -0.4 is 0 Å². The van der Waals surface area contributed by atoms with E-state index in [4.69, 9.17) is 5.11 Å². The smallest absolute Gasteiger partial charge is 0.0490 e. The van der Waals surface area contributed by atoms with Crippen molar-refractivity contribution in [3.8, 4) is 0 Å². The standard InChI is InChI=1S/C7H12O/c8-5-7(3-4-7)6-1-2-6/h6,8H,1-5H2. The van der Waals surface area contributed by atoms with E-state index in [0.29, 0.717) is 12.0 Å². The summed E-state index contributed by atoms with van der Waals surface area (Å²) in [4.78, 5) is 0. The van der Waals surface area contributed by atoms with Gasteiger partial charge in [0.15, 0.2) is 0 Å². The predicted molar refractivity (Wildman–Crippen MR) is 31.5 cm³/mol. The van der Waals surface area contributed by atoms with Crippen LogP contribution in [0.4, 0.5) is 0 Å². The van der Waals surface area contributed by atoms with E-state index in [1.165, 1.54) is 25.7 Å². The second-order valence-electron chi connectivity index (χ2n) is 3.29. The molecule has 0 bridgehead atoms. The van der Waals surface area contributed by atoms with Gasteiger partial charge in [-0.15, -0.1) is 0 Å². The van der Waals surface area contributed by atoms with Crippen molar-refractivity contribution >= 4 is 0 Å². The lowest BCUT2D eigenvalue weighted by Crippen LogP contribution is -2.07. The van der Waals surface area contributed by atoms with Gasteiger partial charge in [-0.3, -0.25) is 0 Å². The van der Waals surface area contributed by atoms with Gasteiger partial charge in [-0.2, -0.15) is 0 Å². The zero-order chi connectivity index (χ0) is 5.61. The lowest BCUT2D eigenvalue weighted by molar-refractivity contribution is 0.193. The fourth-order valence-electron chi connectivity index (χ4n) is 1.55. The minimum atomic E-state index is 0.456. The Morgan fingerprint density at radius 3 is 2.12 bits per heavy atom. The van der Waals surface area contributed by atoms with Crippen LogP contribution in [0.25, 0.3) is 0 Å². The fourth-order valence-corrected chi connectivity index (χ4v) is 1.55. The molecular weight excluding hydrogens is 100 g/mol. The Kier molecular flexibility index (Phi) is 0.762. The molecule has 2 fully saturated rings. The molecule has 0 atom stereocenters. The summed E-state index contributed by atoms with van der Waals surface area (Å²) in [5.41, 5.74) is 0.458. The van der Waals surface area contributed by atoms with Gasteiger partial charge in [0.2, 0.25) is 0 Å². The van der Waals surface area contributed by atoms with E-state index in [-0.39, 0.29) is 0 Å². The Bertz CT molecular complexity index is 101. The first-order valence-corrected chi connectivity index (χ1v) is 3.48. The Balaban J connectivity index is 1.99. The summed E-state index contributed by atoms with van der Waals surface area (Å²) < 4.78 is 0. The Morgan fingerprint density at radius 1 is 1.38 bits per heavy atom. The highest BCUT2D eigenvalue weighted by Crippen LogP contribution is 2.60. The molecule has 0 aromatic heterocycles. The Hall–Kier alpha value is -0.0400. The fraction of sp³-hybridized carbons (Fsp3) is 1.00. The van der Waals surface area contributed by atoms with Crippen LogP contribution in [0.3, 0.4) is 0 Å². The summed E-state index contributed by atoms with van der Waals surface area (Å²) in [5, 5.41) is 8.87. The second-order valence-corrected chi connectivity index (χ2v) is 3.29. The topological polar surface area (TPSA) is 20.2 Å². The molecule has 8 heavy (non-hydrogen) atoms. The van der Waals surface area contributed by atoms with Gasteiger partial charge in [-0.1, -0.05) is 0 Å². The number of hydrogen-bond acceptors (Lipinski definition) is 1. The normalized spacial score (nSPS) is 32.6. The first kappa shape index (κ1) is 4.80. The molecule has 0 aromatic rings. The third-order valence-electron chi connectivity index (χ3n) is 2.65.